The predicted octanol–water partition coefficient (Wildman–Crippen LogP) is 2.93. The van der Waals surface area contributed by atoms with E-state index in [0.29, 0.717) is 36.4 Å². The molecular formula is C19H30O3. The molecule has 4 aliphatic carbocycles. The second-order valence-electron chi connectivity index (χ2n) is 9.11. The van der Waals surface area contributed by atoms with Crippen LogP contribution in [0.5, 0.6) is 0 Å². The first-order chi connectivity index (χ1) is 10.4. The third kappa shape index (κ3) is 1.78. The molecule has 0 aromatic rings. The maximum atomic E-state index is 12.4. The SMILES string of the molecule is C[C@]12CCCC[C@@H]1[C@@H](O)C[C@H]1[C@H]2[C@H](O)C[C@]2(C)C(=O)CC[C@H]12. The molecule has 4 rings (SSSR count). The van der Waals surface area contributed by atoms with Crippen LogP contribution in [0.2, 0.25) is 0 Å². The number of Topliss-reactive ketones (excluding diaryl/α,β-unsaturated/α-hetero) is 1. The number of hydrogen-bond donors (Lipinski definition) is 2. The van der Waals surface area contributed by atoms with Gasteiger partial charge in [-0.3, -0.25) is 4.79 Å². The Morgan fingerprint density at radius 2 is 1.82 bits per heavy atom. The molecule has 8 atom stereocenters. The molecule has 4 fully saturated rings. The molecule has 3 heteroatoms. The summed E-state index contributed by atoms with van der Waals surface area (Å²) in [5.41, 5.74) is -0.273. The third-order valence-electron chi connectivity index (χ3n) is 8.23. The zero-order valence-corrected chi connectivity index (χ0v) is 13.9. The summed E-state index contributed by atoms with van der Waals surface area (Å²) in [6.07, 6.45) is 7.15. The van der Waals surface area contributed by atoms with Gasteiger partial charge < -0.3 is 10.2 Å². The van der Waals surface area contributed by atoms with E-state index in [1.807, 2.05) is 0 Å². The van der Waals surface area contributed by atoms with Crippen molar-refractivity contribution < 1.29 is 15.0 Å². The highest BCUT2D eigenvalue weighted by Crippen LogP contribution is 2.65. The van der Waals surface area contributed by atoms with Crippen molar-refractivity contribution in [3.05, 3.63) is 0 Å². The van der Waals surface area contributed by atoms with Gasteiger partial charge in [0.05, 0.1) is 12.2 Å². The number of carbonyl (C=O) groups is 1. The molecule has 0 radical (unpaired) electrons. The number of rotatable bonds is 0. The van der Waals surface area contributed by atoms with Crippen molar-refractivity contribution in [2.75, 3.05) is 0 Å². The standard InChI is InChI=1S/C19H30O3/c1-18-8-4-3-5-13(18)14(20)9-11-12-6-7-16(22)19(12,2)10-15(21)17(11)18/h11-15,17,20-21H,3-10H2,1-2H3/t11-,12-,13-,14+,15-,17+,18+,19+/m1/s1. The predicted molar refractivity (Wildman–Crippen MR) is 84.1 cm³/mol. The summed E-state index contributed by atoms with van der Waals surface area (Å²) in [6, 6.07) is 0. The molecule has 0 amide bonds. The van der Waals surface area contributed by atoms with E-state index in [9.17, 15) is 15.0 Å². The van der Waals surface area contributed by atoms with Crippen molar-refractivity contribution in [2.45, 2.75) is 77.4 Å². The van der Waals surface area contributed by atoms with Gasteiger partial charge in [0.15, 0.2) is 0 Å². The molecule has 3 nitrogen and oxygen atoms in total. The van der Waals surface area contributed by atoms with E-state index in [2.05, 4.69) is 13.8 Å². The lowest BCUT2D eigenvalue weighted by Crippen LogP contribution is -2.61. The first-order valence-electron chi connectivity index (χ1n) is 9.27. The number of aliphatic hydroxyl groups excluding tert-OH is 2. The molecule has 0 aromatic heterocycles. The summed E-state index contributed by atoms with van der Waals surface area (Å²) in [7, 11) is 0. The van der Waals surface area contributed by atoms with Gasteiger partial charge in [0.1, 0.15) is 5.78 Å². The summed E-state index contributed by atoms with van der Waals surface area (Å²) in [6.45, 7) is 4.40. The third-order valence-corrected chi connectivity index (χ3v) is 8.23. The van der Waals surface area contributed by atoms with Gasteiger partial charge in [0, 0.05) is 11.8 Å². The van der Waals surface area contributed by atoms with E-state index in [1.165, 1.54) is 12.8 Å². The Balaban J connectivity index is 1.74. The van der Waals surface area contributed by atoms with Crippen molar-refractivity contribution in [3.8, 4) is 0 Å². The summed E-state index contributed by atoms with van der Waals surface area (Å²) < 4.78 is 0. The van der Waals surface area contributed by atoms with Crippen LogP contribution in [0.25, 0.3) is 0 Å². The highest BCUT2D eigenvalue weighted by Gasteiger charge is 2.64. The molecule has 0 aromatic carbocycles. The summed E-state index contributed by atoms with van der Waals surface area (Å²) >= 11 is 0. The Morgan fingerprint density at radius 1 is 1.05 bits per heavy atom. The van der Waals surface area contributed by atoms with Crippen LogP contribution in [0.15, 0.2) is 0 Å². The summed E-state index contributed by atoms with van der Waals surface area (Å²) in [5, 5.41) is 21.8. The topological polar surface area (TPSA) is 57.5 Å². The average Bonchev–Trinajstić information content (AvgIpc) is 2.74. The van der Waals surface area contributed by atoms with Crippen LogP contribution in [0, 0.1) is 34.5 Å². The van der Waals surface area contributed by atoms with Gasteiger partial charge in [0.2, 0.25) is 0 Å². The number of ketones is 1. The molecule has 0 unspecified atom stereocenters. The molecule has 0 heterocycles. The molecule has 0 bridgehead atoms. The highest BCUT2D eigenvalue weighted by molar-refractivity contribution is 5.87. The van der Waals surface area contributed by atoms with Crippen molar-refractivity contribution in [3.63, 3.8) is 0 Å². The lowest BCUT2D eigenvalue weighted by atomic mass is 9.44. The first kappa shape index (κ1) is 15.1. The fraction of sp³-hybridized carbons (Fsp3) is 0.947. The van der Waals surface area contributed by atoms with E-state index < -0.39 is 0 Å². The van der Waals surface area contributed by atoms with Gasteiger partial charge in [-0.25, -0.2) is 0 Å². The molecular weight excluding hydrogens is 276 g/mol. The van der Waals surface area contributed by atoms with Crippen LogP contribution in [-0.4, -0.2) is 28.2 Å². The zero-order valence-electron chi connectivity index (χ0n) is 13.9. The molecule has 22 heavy (non-hydrogen) atoms. The van der Waals surface area contributed by atoms with Crippen molar-refractivity contribution in [1.82, 2.24) is 0 Å². The van der Waals surface area contributed by atoms with Gasteiger partial charge in [-0.05, 0) is 61.2 Å². The number of carbonyl (C=O) groups excluding carboxylic acids is 1. The van der Waals surface area contributed by atoms with Gasteiger partial charge in [-0.15, -0.1) is 0 Å². The maximum Gasteiger partial charge on any atom is 0.139 e. The highest BCUT2D eigenvalue weighted by atomic mass is 16.3. The monoisotopic (exact) mass is 306 g/mol. The van der Waals surface area contributed by atoms with Crippen LogP contribution in [0.3, 0.4) is 0 Å². The fourth-order valence-electron chi connectivity index (χ4n) is 7.26. The number of hydrogen-bond acceptors (Lipinski definition) is 3. The van der Waals surface area contributed by atoms with Gasteiger partial charge in [0.25, 0.3) is 0 Å². The molecule has 4 saturated carbocycles. The minimum absolute atomic E-state index is 0.0625. The molecule has 4 aliphatic rings. The molecule has 0 aliphatic heterocycles. The quantitative estimate of drug-likeness (QED) is 0.723. The van der Waals surface area contributed by atoms with Gasteiger partial charge in [-0.2, -0.15) is 0 Å². The van der Waals surface area contributed by atoms with Crippen molar-refractivity contribution in [1.29, 1.82) is 0 Å². The molecule has 0 saturated heterocycles. The lowest BCUT2D eigenvalue weighted by Gasteiger charge is -2.62. The Kier molecular flexibility index (Phi) is 3.30. The fourth-order valence-corrected chi connectivity index (χ4v) is 7.26. The minimum atomic E-state index is -0.369. The van der Waals surface area contributed by atoms with Crippen molar-refractivity contribution in [2.24, 2.45) is 34.5 Å². The van der Waals surface area contributed by atoms with Crippen LogP contribution >= 0.6 is 0 Å². The van der Waals surface area contributed by atoms with Crippen LogP contribution in [-0.2, 0) is 4.79 Å². The summed E-state index contributed by atoms with van der Waals surface area (Å²) in [5.74, 6) is 1.68. The first-order valence-corrected chi connectivity index (χ1v) is 9.27. The second-order valence-corrected chi connectivity index (χ2v) is 9.11. The molecule has 0 spiro atoms. The van der Waals surface area contributed by atoms with Crippen LogP contribution < -0.4 is 0 Å². The van der Waals surface area contributed by atoms with Gasteiger partial charge >= 0.3 is 0 Å². The minimum Gasteiger partial charge on any atom is -0.393 e. The van der Waals surface area contributed by atoms with Crippen LogP contribution in [0.4, 0.5) is 0 Å². The Bertz CT molecular complexity index is 489. The van der Waals surface area contributed by atoms with Gasteiger partial charge in [-0.1, -0.05) is 26.7 Å². The Labute approximate surface area is 133 Å². The Hall–Kier alpha value is -0.410. The maximum absolute atomic E-state index is 12.4. The smallest absolute Gasteiger partial charge is 0.139 e. The lowest BCUT2D eigenvalue weighted by molar-refractivity contribution is -0.194. The van der Waals surface area contributed by atoms with E-state index in [1.54, 1.807) is 0 Å². The van der Waals surface area contributed by atoms with Crippen LogP contribution in [0.1, 0.15) is 65.2 Å². The largest absolute Gasteiger partial charge is 0.393 e. The Morgan fingerprint density at radius 3 is 2.59 bits per heavy atom. The molecule has 2 N–H and O–H groups in total. The number of fused-ring (bicyclic) bond motifs is 5. The van der Waals surface area contributed by atoms with E-state index in [0.717, 1.165) is 25.7 Å². The zero-order chi connectivity index (χ0) is 15.7. The second kappa shape index (κ2) is 4.80. The van der Waals surface area contributed by atoms with E-state index in [-0.39, 0.29) is 29.0 Å². The van der Waals surface area contributed by atoms with E-state index in [4.69, 9.17) is 0 Å². The average molecular weight is 306 g/mol. The van der Waals surface area contributed by atoms with E-state index >= 15 is 0 Å². The molecule has 124 valence electrons. The number of aliphatic hydroxyl groups is 2. The van der Waals surface area contributed by atoms with Crippen molar-refractivity contribution >= 4 is 5.78 Å². The summed E-state index contributed by atoms with van der Waals surface area (Å²) in [4.78, 5) is 12.4. The normalized spacial score (nSPS) is 57.9.